The van der Waals surface area contributed by atoms with Gasteiger partial charge in [0, 0.05) is 5.54 Å². The summed E-state index contributed by atoms with van der Waals surface area (Å²) in [5.41, 5.74) is 5.20. The molecule has 90 valence electrons. The van der Waals surface area contributed by atoms with Crippen molar-refractivity contribution in [3.05, 3.63) is 24.3 Å². The number of para-hydroxylation sites is 1. The number of ether oxygens (including phenoxy) is 1. The van der Waals surface area contributed by atoms with E-state index in [2.05, 4.69) is 0 Å². The van der Waals surface area contributed by atoms with Gasteiger partial charge in [0.2, 0.25) is 10.0 Å². The number of nitrogens with two attached hydrogens (primary N) is 2. The molecule has 4 N–H and O–H groups in total. The van der Waals surface area contributed by atoms with Crippen molar-refractivity contribution in [1.82, 2.24) is 0 Å². The molecule has 0 spiro atoms. The lowest BCUT2D eigenvalue weighted by Gasteiger charge is -2.19. The standard InChI is InChI=1S/C10H16N2O3S/c1-10(2,11)7-15-8-5-3-4-6-9(8)16(12,13)14/h3-6H,7,11H2,1-2H3,(H2,12,13,14). The van der Waals surface area contributed by atoms with Crippen LogP contribution in [0.3, 0.4) is 0 Å². The molecule has 1 rings (SSSR count). The first-order valence-corrected chi connectivity index (χ1v) is 6.28. The van der Waals surface area contributed by atoms with Crippen LogP contribution >= 0.6 is 0 Å². The van der Waals surface area contributed by atoms with Gasteiger partial charge in [-0.2, -0.15) is 0 Å². The Morgan fingerprint density at radius 3 is 2.38 bits per heavy atom. The Balaban J connectivity index is 2.97. The van der Waals surface area contributed by atoms with Gasteiger partial charge in [-0.3, -0.25) is 0 Å². The summed E-state index contributed by atoms with van der Waals surface area (Å²) < 4.78 is 27.8. The molecule has 0 aliphatic rings. The molecule has 0 saturated carbocycles. The Morgan fingerprint density at radius 1 is 1.31 bits per heavy atom. The third kappa shape index (κ3) is 3.80. The smallest absolute Gasteiger partial charge is 0.241 e. The topological polar surface area (TPSA) is 95.4 Å². The Morgan fingerprint density at radius 2 is 1.88 bits per heavy atom. The summed E-state index contributed by atoms with van der Waals surface area (Å²) in [7, 11) is -3.77. The number of benzene rings is 1. The van der Waals surface area contributed by atoms with Crippen molar-refractivity contribution in [3.8, 4) is 5.75 Å². The zero-order valence-electron chi connectivity index (χ0n) is 9.30. The van der Waals surface area contributed by atoms with Gasteiger partial charge in [0.1, 0.15) is 17.3 Å². The molecule has 1 aromatic rings. The third-order valence-electron chi connectivity index (χ3n) is 1.76. The van der Waals surface area contributed by atoms with E-state index in [0.717, 1.165) is 0 Å². The van der Waals surface area contributed by atoms with E-state index in [4.69, 9.17) is 15.6 Å². The lowest BCUT2D eigenvalue weighted by atomic mass is 10.1. The number of hydrogen-bond acceptors (Lipinski definition) is 4. The molecule has 0 aromatic heterocycles. The predicted molar refractivity (Wildman–Crippen MR) is 61.6 cm³/mol. The summed E-state index contributed by atoms with van der Waals surface area (Å²) in [6.45, 7) is 3.78. The van der Waals surface area contributed by atoms with E-state index in [-0.39, 0.29) is 17.3 Å². The van der Waals surface area contributed by atoms with Gasteiger partial charge in [0.15, 0.2) is 0 Å². The summed E-state index contributed by atoms with van der Waals surface area (Å²) in [5.74, 6) is 0.225. The fourth-order valence-electron chi connectivity index (χ4n) is 1.07. The fraction of sp³-hybridized carbons (Fsp3) is 0.400. The molecule has 0 amide bonds. The van der Waals surface area contributed by atoms with Crippen molar-refractivity contribution < 1.29 is 13.2 Å². The third-order valence-corrected chi connectivity index (χ3v) is 2.71. The number of rotatable bonds is 4. The van der Waals surface area contributed by atoms with Crippen molar-refractivity contribution in [2.75, 3.05) is 6.61 Å². The maximum absolute atomic E-state index is 11.2. The fourth-order valence-corrected chi connectivity index (χ4v) is 1.74. The summed E-state index contributed by atoms with van der Waals surface area (Å²) >= 11 is 0. The molecule has 16 heavy (non-hydrogen) atoms. The Bertz CT molecular complexity index is 463. The normalized spacial score (nSPS) is 12.5. The van der Waals surface area contributed by atoms with Crippen LogP contribution in [0, 0.1) is 0 Å². The van der Waals surface area contributed by atoms with Crippen LogP contribution in [0.4, 0.5) is 0 Å². The van der Waals surface area contributed by atoms with Gasteiger partial charge in [0.05, 0.1) is 0 Å². The summed E-state index contributed by atoms with van der Waals surface area (Å²) in [6, 6.07) is 6.20. The van der Waals surface area contributed by atoms with Crippen molar-refractivity contribution in [1.29, 1.82) is 0 Å². The second-order valence-electron chi connectivity index (χ2n) is 4.27. The quantitative estimate of drug-likeness (QED) is 0.803. The molecular formula is C10H16N2O3S. The first-order chi connectivity index (χ1) is 7.20. The van der Waals surface area contributed by atoms with Gasteiger partial charge in [-0.15, -0.1) is 0 Å². The molecule has 0 aliphatic heterocycles. The zero-order chi connectivity index (χ0) is 12.4. The van der Waals surface area contributed by atoms with Crippen molar-refractivity contribution >= 4 is 10.0 Å². The van der Waals surface area contributed by atoms with Crippen molar-refractivity contribution in [2.24, 2.45) is 10.9 Å². The average Bonchev–Trinajstić information content (AvgIpc) is 2.12. The first kappa shape index (κ1) is 13.0. The van der Waals surface area contributed by atoms with E-state index in [0.29, 0.717) is 0 Å². The number of primary sulfonamides is 1. The SMILES string of the molecule is CC(C)(N)COc1ccccc1S(N)(=O)=O. The minimum absolute atomic E-state index is 0.0285. The van der Waals surface area contributed by atoms with Crippen LogP contribution in [0.5, 0.6) is 5.75 Å². The van der Waals surface area contributed by atoms with E-state index in [1.807, 2.05) is 0 Å². The summed E-state index contributed by atoms with van der Waals surface area (Å²) in [6.07, 6.45) is 0. The molecule has 0 saturated heterocycles. The Labute approximate surface area is 95.4 Å². The van der Waals surface area contributed by atoms with Gasteiger partial charge in [-0.05, 0) is 26.0 Å². The van der Waals surface area contributed by atoms with E-state index in [9.17, 15) is 8.42 Å². The Kier molecular flexibility index (Phi) is 3.57. The van der Waals surface area contributed by atoms with Crippen LogP contribution in [-0.4, -0.2) is 20.6 Å². The highest BCUT2D eigenvalue weighted by molar-refractivity contribution is 7.89. The van der Waals surface area contributed by atoms with Crippen LogP contribution in [-0.2, 0) is 10.0 Å². The maximum atomic E-state index is 11.2. The average molecular weight is 244 g/mol. The lowest BCUT2D eigenvalue weighted by Crippen LogP contribution is -2.38. The molecule has 6 heteroatoms. The van der Waals surface area contributed by atoms with Crippen LogP contribution in [0.15, 0.2) is 29.2 Å². The van der Waals surface area contributed by atoms with E-state index in [1.165, 1.54) is 6.07 Å². The second kappa shape index (κ2) is 4.40. The highest BCUT2D eigenvalue weighted by Gasteiger charge is 2.17. The van der Waals surface area contributed by atoms with Crippen LogP contribution in [0.2, 0.25) is 0 Å². The molecule has 0 bridgehead atoms. The molecule has 0 aliphatic carbocycles. The van der Waals surface area contributed by atoms with E-state index in [1.54, 1.807) is 32.0 Å². The summed E-state index contributed by atoms with van der Waals surface area (Å²) in [4.78, 5) is -0.0285. The van der Waals surface area contributed by atoms with Gasteiger partial charge in [-0.1, -0.05) is 12.1 Å². The Hall–Kier alpha value is -1.11. The minimum Gasteiger partial charge on any atom is -0.490 e. The monoisotopic (exact) mass is 244 g/mol. The molecule has 0 fully saturated rings. The van der Waals surface area contributed by atoms with E-state index < -0.39 is 15.6 Å². The van der Waals surface area contributed by atoms with Crippen LogP contribution in [0.1, 0.15) is 13.8 Å². The molecule has 0 unspecified atom stereocenters. The lowest BCUT2D eigenvalue weighted by molar-refractivity contribution is 0.238. The van der Waals surface area contributed by atoms with Crippen LogP contribution < -0.4 is 15.6 Å². The van der Waals surface area contributed by atoms with Gasteiger partial charge in [0.25, 0.3) is 0 Å². The second-order valence-corrected chi connectivity index (χ2v) is 5.80. The zero-order valence-corrected chi connectivity index (χ0v) is 10.1. The molecule has 5 nitrogen and oxygen atoms in total. The predicted octanol–water partition coefficient (Wildman–Crippen LogP) is 0.450. The number of hydrogen-bond donors (Lipinski definition) is 2. The summed E-state index contributed by atoms with van der Waals surface area (Å²) in [5, 5.41) is 5.06. The molecule has 0 radical (unpaired) electrons. The molecular weight excluding hydrogens is 228 g/mol. The highest BCUT2D eigenvalue weighted by atomic mass is 32.2. The van der Waals surface area contributed by atoms with Gasteiger partial charge < -0.3 is 10.5 Å². The molecule has 1 aromatic carbocycles. The van der Waals surface area contributed by atoms with Crippen LogP contribution in [0.25, 0.3) is 0 Å². The largest absolute Gasteiger partial charge is 0.490 e. The molecule has 0 heterocycles. The highest BCUT2D eigenvalue weighted by Crippen LogP contribution is 2.22. The number of sulfonamides is 1. The van der Waals surface area contributed by atoms with Crippen molar-refractivity contribution in [2.45, 2.75) is 24.3 Å². The van der Waals surface area contributed by atoms with Crippen molar-refractivity contribution in [3.63, 3.8) is 0 Å². The maximum Gasteiger partial charge on any atom is 0.241 e. The van der Waals surface area contributed by atoms with E-state index >= 15 is 0 Å². The molecule has 0 atom stereocenters. The first-order valence-electron chi connectivity index (χ1n) is 4.74. The van der Waals surface area contributed by atoms with Gasteiger partial charge >= 0.3 is 0 Å². The minimum atomic E-state index is -3.77. The van der Waals surface area contributed by atoms with Gasteiger partial charge in [-0.25, -0.2) is 13.6 Å².